The van der Waals surface area contributed by atoms with E-state index in [0.717, 1.165) is 49.9 Å². The van der Waals surface area contributed by atoms with Crippen molar-refractivity contribution in [2.24, 2.45) is 56.7 Å². The zero-order valence-electron chi connectivity index (χ0n) is 31.3. The maximum Gasteiger partial charge on any atom is 0.409 e. The Morgan fingerprint density at radius 3 is 2.25 bits per heavy atom. The zero-order valence-corrected chi connectivity index (χ0v) is 32.0. The molecule has 8 atom stereocenters. The molecular weight excluding hydrogens is 677 g/mol. The quantitative estimate of drug-likeness (QED) is 0.261. The molecule has 2 N–H and O–H groups in total. The molecule has 0 aromatic heterocycles. The van der Waals surface area contributed by atoms with Crippen LogP contribution in [-0.4, -0.2) is 58.4 Å². The van der Waals surface area contributed by atoms with E-state index in [9.17, 15) is 19.8 Å². The minimum absolute atomic E-state index is 0.0585. The summed E-state index contributed by atoms with van der Waals surface area (Å²) in [4.78, 5) is 30.6. The topological polar surface area (TPSA) is 87.1 Å². The van der Waals surface area contributed by atoms with Gasteiger partial charge in [0.25, 0.3) is 0 Å². The Labute approximate surface area is 313 Å². The highest BCUT2D eigenvalue weighted by Crippen LogP contribution is 2.78. The van der Waals surface area contributed by atoms with Gasteiger partial charge < -0.3 is 19.8 Å². The Bertz CT molecular complexity index is 1690. The molecule has 0 heterocycles. The van der Waals surface area contributed by atoms with Crippen molar-refractivity contribution < 1.29 is 28.9 Å². The second-order valence-corrected chi connectivity index (χ2v) is 20.0. The maximum absolute atomic E-state index is 15.2. The van der Waals surface area contributed by atoms with Crippen molar-refractivity contribution in [3.8, 4) is 0 Å². The van der Waals surface area contributed by atoms with E-state index in [-0.39, 0.29) is 58.1 Å². The van der Waals surface area contributed by atoms with Gasteiger partial charge in [-0.2, -0.15) is 0 Å². The van der Waals surface area contributed by atoms with Crippen LogP contribution in [0.4, 0.5) is 9.18 Å². The number of nitrogens with zero attached hydrogens (tertiary/aromatic N) is 1. The van der Waals surface area contributed by atoms with Crippen molar-refractivity contribution in [3.63, 3.8) is 0 Å². The number of carbonyl (C=O) groups is 2. The van der Waals surface area contributed by atoms with E-state index < -0.39 is 33.8 Å². The lowest BCUT2D eigenvalue weighted by Gasteiger charge is -2.71. The Morgan fingerprint density at radius 1 is 0.923 bits per heavy atom. The van der Waals surface area contributed by atoms with Gasteiger partial charge in [0, 0.05) is 45.4 Å². The van der Waals surface area contributed by atoms with Gasteiger partial charge in [0.2, 0.25) is 0 Å². The number of aliphatic hydroxyl groups excluding tert-OH is 1. The summed E-state index contributed by atoms with van der Waals surface area (Å²) in [6.45, 7) is 7.60. The lowest BCUT2D eigenvalue weighted by Crippen LogP contribution is -2.67. The summed E-state index contributed by atoms with van der Waals surface area (Å²) < 4.78 is 20.9. The molecule has 7 fully saturated rings. The summed E-state index contributed by atoms with van der Waals surface area (Å²) in [5.41, 5.74) is -2.02. The van der Waals surface area contributed by atoms with Gasteiger partial charge in [-0.05, 0) is 143 Å². The molecule has 2 spiro atoms. The van der Waals surface area contributed by atoms with E-state index in [1.165, 1.54) is 44.6 Å². The average Bonchev–Trinajstić information content (AvgIpc) is 3.35. The van der Waals surface area contributed by atoms with Crippen molar-refractivity contribution in [1.82, 2.24) is 4.90 Å². The number of benzene rings is 1. The standard InChI is InChI=1S/C44H57ClFNO5/c1-4-52-38(50)47(25-41-20-27-16-28(21-41)18-29(17-27)22-41)26-43(51)13-10-37-40(43,3)12-9-36-39(2)11-8-30(48)23-42(39)14-15-44(36,37)32(24-42)35(49)19-31-33(45)6-5-7-34(31)46/h5-7,14-15,24,27-30,36-37,48,51H,4,8-13,16-23,25-26H2,1-3H3/t27?,28?,29?,30?,36-,37-,39-,40+,41?,42+,43-,44-/m1/s1. The Morgan fingerprint density at radius 2 is 1.58 bits per heavy atom. The largest absolute Gasteiger partial charge is 0.450 e. The molecule has 0 saturated heterocycles. The van der Waals surface area contributed by atoms with Crippen LogP contribution in [0.5, 0.6) is 0 Å². The fourth-order valence-electron chi connectivity index (χ4n) is 15.2. The van der Waals surface area contributed by atoms with Gasteiger partial charge in [0.1, 0.15) is 5.82 Å². The number of allylic oxidation sites excluding steroid dienone is 4. The number of carbonyl (C=O) groups excluding carboxylic acids is 2. The normalized spacial score (nSPS) is 46.3. The van der Waals surface area contributed by atoms with Crippen LogP contribution in [0.1, 0.15) is 110 Å². The van der Waals surface area contributed by atoms with E-state index >= 15 is 4.39 Å². The molecule has 1 unspecified atom stereocenters. The first kappa shape index (κ1) is 35.5. The minimum atomic E-state index is -1.17. The molecule has 10 aliphatic carbocycles. The molecule has 8 heteroatoms. The summed E-state index contributed by atoms with van der Waals surface area (Å²) in [6, 6.07) is 4.56. The van der Waals surface area contributed by atoms with E-state index in [1.54, 1.807) is 12.1 Å². The summed E-state index contributed by atoms with van der Waals surface area (Å²) in [6.07, 6.45) is 18.4. The molecule has 11 rings (SSSR count). The SMILES string of the molecule is CCOC(=O)N(CC12CC3CC(CC(C3)C1)C2)C[C@]1(O)CC[C@H]2[C@]34C=C[C@@]5(C=C3C(=O)Cc3c(F)cccc3Cl)CC(O)CC[C@]5(C)[C@H]4CC[C@@]21C. The molecule has 1 aromatic rings. The van der Waals surface area contributed by atoms with Crippen LogP contribution in [0.2, 0.25) is 5.02 Å². The third-order valence-electron chi connectivity index (χ3n) is 17.1. The van der Waals surface area contributed by atoms with Crippen LogP contribution < -0.4 is 0 Å². The molecule has 52 heavy (non-hydrogen) atoms. The highest BCUT2D eigenvalue weighted by Gasteiger charge is 2.74. The predicted octanol–water partition coefficient (Wildman–Crippen LogP) is 8.86. The van der Waals surface area contributed by atoms with Crippen molar-refractivity contribution in [3.05, 3.63) is 58.4 Å². The fourth-order valence-corrected chi connectivity index (χ4v) is 15.4. The Kier molecular flexibility index (Phi) is 8.11. The van der Waals surface area contributed by atoms with Crippen LogP contribution >= 0.6 is 11.6 Å². The lowest BCUT2D eigenvalue weighted by molar-refractivity contribution is -0.179. The minimum Gasteiger partial charge on any atom is -0.450 e. The molecule has 6 bridgehead atoms. The summed E-state index contributed by atoms with van der Waals surface area (Å²) in [5.74, 6) is 1.72. The Hall–Kier alpha value is -2.22. The van der Waals surface area contributed by atoms with E-state index in [4.69, 9.17) is 16.3 Å². The van der Waals surface area contributed by atoms with Crippen LogP contribution in [0.3, 0.4) is 0 Å². The van der Waals surface area contributed by atoms with Gasteiger partial charge in [-0.1, -0.05) is 49.7 Å². The van der Waals surface area contributed by atoms with E-state index in [2.05, 4.69) is 32.1 Å². The Balaban J connectivity index is 1.09. The second kappa shape index (κ2) is 11.9. The number of Topliss-reactive ketones (excluding diaryl/α,β-unsaturated/α-hetero) is 1. The van der Waals surface area contributed by atoms with Gasteiger partial charge >= 0.3 is 6.09 Å². The van der Waals surface area contributed by atoms with Crippen molar-refractivity contribution in [2.45, 2.75) is 122 Å². The number of amides is 1. The molecule has 0 aliphatic heterocycles. The zero-order chi connectivity index (χ0) is 36.5. The first-order chi connectivity index (χ1) is 24.7. The van der Waals surface area contributed by atoms with Crippen molar-refractivity contribution in [1.29, 1.82) is 0 Å². The number of halogens is 2. The predicted molar refractivity (Wildman–Crippen MR) is 198 cm³/mol. The summed E-state index contributed by atoms with van der Waals surface area (Å²) >= 11 is 6.50. The lowest BCUT2D eigenvalue weighted by atomic mass is 9.32. The third-order valence-corrected chi connectivity index (χ3v) is 17.4. The second-order valence-electron chi connectivity index (χ2n) is 19.6. The number of aliphatic hydroxyl groups is 2. The first-order valence-corrected chi connectivity index (χ1v) is 20.8. The number of hydrogen-bond donors (Lipinski definition) is 2. The van der Waals surface area contributed by atoms with Crippen LogP contribution in [-0.2, 0) is 16.0 Å². The summed E-state index contributed by atoms with van der Waals surface area (Å²) in [7, 11) is 0. The number of ether oxygens (including phenoxy) is 1. The number of rotatable bonds is 8. The monoisotopic (exact) mass is 733 g/mol. The van der Waals surface area contributed by atoms with E-state index in [1.807, 2.05) is 11.8 Å². The summed E-state index contributed by atoms with van der Waals surface area (Å²) in [5, 5.41) is 24.4. The van der Waals surface area contributed by atoms with Gasteiger partial charge in [-0.15, -0.1) is 0 Å². The number of ketones is 1. The van der Waals surface area contributed by atoms with Gasteiger partial charge in [-0.25, -0.2) is 9.18 Å². The number of fused-ring (bicyclic) bond motifs is 1. The highest BCUT2D eigenvalue weighted by atomic mass is 35.5. The van der Waals surface area contributed by atoms with Crippen molar-refractivity contribution in [2.75, 3.05) is 19.7 Å². The fraction of sp³-hybridized carbons (Fsp3) is 0.727. The first-order valence-electron chi connectivity index (χ1n) is 20.4. The van der Waals surface area contributed by atoms with Crippen molar-refractivity contribution >= 4 is 23.5 Å². The molecule has 7 saturated carbocycles. The molecule has 10 aliphatic rings. The molecule has 1 aromatic carbocycles. The molecule has 6 nitrogen and oxygen atoms in total. The van der Waals surface area contributed by atoms with E-state index in [0.29, 0.717) is 31.6 Å². The third kappa shape index (κ3) is 4.85. The molecular formula is C44H57ClFNO5. The van der Waals surface area contributed by atoms with Gasteiger partial charge in [0.15, 0.2) is 5.78 Å². The van der Waals surface area contributed by atoms with Crippen LogP contribution in [0, 0.1) is 62.5 Å². The van der Waals surface area contributed by atoms with Crippen LogP contribution in [0.15, 0.2) is 42.0 Å². The highest BCUT2D eigenvalue weighted by molar-refractivity contribution is 6.31. The smallest absolute Gasteiger partial charge is 0.409 e. The van der Waals surface area contributed by atoms with Gasteiger partial charge in [0.05, 0.1) is 24.9 Å². The molecule has 0 radical (unpaired) electrons. The maximum atomic E-state index is 15.2. The molecule has 1 amide bonds. The van der Waals surface area contributed by atoms with Crippen LogP contribution in [0.25, 0.3) is 0 Å². The molecule has 282 valence electrons. The number of hydrogen-bond acceptors (Lipinski definition) is 5. The average molecular weight is 734 g/mol. The van der Waals surface area contributed by atoms with Gasteiger partial charge in [-0.3, -0.25) is 4.79 Å².